The number of likely N-dealkylation sites (N-methyl/N-ethyl adjacent to an activating group) is 1. The van der Waals surface area contributed by atoms with Crippen LogP contribution < -0.4 is 16.0 Å². The number of nitrogens with zero attached hydrogens (tertiary/aromatic N) is 1. The number of amides is 3. The number of ether oxygens (including phenoxy) is 1. The van der Waals surface area contributed by atoms with E-state index in [1.807, 2.05) is 0 Å². The van der Waals surface area contributed by atoms with Gasteiger partial charge in [-0.05, 0) is 33.7 Å². The van der Waals surface area contributed by atoms with Crippen molar-refractivity contribution in [3.05, 3.63) is 0 Å². The van der Waals surface area contributed by atoms with Crippen LogP contribution in [0, 0.1) is 5.92 Å². The van der Waals surface area contributed by atoms with Gasteiger partial charge in [0.25, 0.3) is 0 Å². The molecule has 1 fully saturated rings. The Hall–Kier alpha value is -2.77. The monoisotopic (exact) mass is 488 g/mol. The van der Waals surface area contributed by atoms with Crippen LogP contribution in [-0.4, -0.2) is 107 Å². The fourth-order valence-electron chi connectivity index (χ4n) is 3.73. The van der Waals surface area contributed by atoms with E-state index in [-0.39, 0.29) is 32.0 Å². The van der Waals surface area contributed by atoms with Crippen LogP contribution in [0.2, 0.25) is 0 Å². The molecule has 0 radical (unpaired) electrons. The second kappa shape index (κ2) is 13.8. The number of rotatable bonds is 13. The number of methoxy groups -OCH3 is 1. The molecule has 0 saturated carbocycles. The fourth-order valence-corrected chi connectivity index (χ4v) is 3.73. The lowest BCUT2D eigenvalue weighted by atomic mass is 9.90. The Morgan fingerprint density at radius 2 is 1.76 bits per heavy atom. The van der Waals surface area contributed by atoms with E-state index in [1.165, 1.54) is 18.9 Å². The third kappa shape index (κ3) is 8.88. The number of hydrogen-bond acceptors (Lipinski definition) is 8. The first-order chi connectivity index (χ1) is 15.9. The van der Waals surface area contributed by atoms with E-state index in [1.54, 1.807) is 14.0 Å². The molecular formula is C21H36N4O9. The highest BCUT2D eigenvalue weighted by Crippen LogP contribution is 2.24. The van der Waals surface area contributed by atoms with E-state index in [4.69, 9.17) is 9.84 Å². The Kier molecular flexibility index (Phi) is 11.9. The van der Waals surface area contributed by atoms with E-state index in [0.29, 0.717) is 6.42 Å². The first-order valence-corrected chi connectivity index (χ1v) is 11.1. The highest BCUT2D eigenvalue weighted by atomic mass is 16.5. The van der Waals surface area contributed by atoms with Crippen molar-refractivity contribution in [2.75, 3.05) is 27.2 Å². The number of aliphatic hydroxyl groups is 1. The quantitative estimate of drug-likeness (QED) is 0.171. The molecule has 13 heteroatoms. The summed E-state index contributed by atoms with van der Waals surface area (Å²) in [5.41, 5.74) is 0. The summed E-state index contributed by atoms with van der Waals surface area (Å²) >= 11 is 0. The maximum absolute atomic E-state index is 13.1. The number of carbonyl (C=O) groups is 5. The summed E-state index contributed by atoms with van der Waals surface area (Å²) < 4.78 is 5.44. The average Bonchev–Trinajstić information content (AvgIpc) is 2.78. The lowest BCUT2D eigenvalue weighted by Gasteiger charge is -2.39. The zero-order valence-electron chi connectivity index (χ0n) is 19.9. The summed E-state index contributed by atoms with van der Waals surface area (Å²) in [6.45, 7) is 3.38. The van der Waals surface area contributed by atoms with Crippen LogP contribution in [0.5, 0.6) is 0 Å². The van der Waals surface area contributed by atoms with Crippen LogP contribution >= 0.6 is 0 Å². The van der Waals surface area contributed by atoms with Gasteiger partial charge in [0.05, 0.1) is 18.2 Å². The predicted molar refractivity (Wildman–Crippen MR) is 119 cm³/mol. The molecule has 0 unspecified atom stereocenters. The fraction of sp³-hybridized carbons (Fsp3) is 0.762. The molecule has 1 rings (SSSR count). The van der Waals surface area contributed by atoms with Gasteiger partial charge in [-0.25, -0.2) is 4.79 Å². The van der Waals surface area contributed by atoms with Gasteiger partial charge in [-0.2, -0.15) is 0 Å². The summed E-state index contributed by atoms with van der Waals surface area (Å²) in [4.78, 5) is 61.3. The topological polar surface area (TPSA) is 195 Å². The van der Waals surface area contributed by atoms with Crippen molar-refractivity contribution in [3.63, 3.8) is 0 Å². The number of carboxylic acid groups (broad SMARTS) is 2. The van der Waals surface area contributed by atoms with Crippen LogP contribution in [0.3, 0.4) is 0 Å². The highest BCUT2D eigenvalue weighted by Gasteiger charge is 2.37. The zero-order chi connectivity index (χ0) is 26.0. The molecular weight excluding hydrogens is 452 g/mol. The molecule has 0 aromatic carbocycles. The summed E-state index contributed by atoms with van der Waals surface area (Å²) in [6.07, 6.45) is -1.96. The van der Waals surface area contributed by atoms with Gasteiger partial charge in [-0.3, -0.25) is 19.2 Å². The van der Waals surface area contributed by atoms with Crippen LogP contribution in [0.25, 0.3) is 0 Å². The number of carbonyl (C=O) groups excluding carboxylic acids is 3. The SMILES string of the molecule is CN[C@@H](C)C(=O)N[C@H](C(=O)N1CC[C@H](OC)[C@H](CC(=O)N[C@@H](CCC(=O)O)C(=O)O)C1)[C@H](C)O. The number of likely N-dealkylation sites (tertiary alicyclic amines) is 1. The Bertz CT molecular complexity index is 746. The van der Waals surface area contributed by atoms with Crippen molar-refractivity contribution in [2.45, 2.75) is 69.9 Å². The molecule has 1 saturated heterocycles. The molecule has 0 aromatic heterocycles. The number of hydrogen-bond donors (Lipinski definition) is 6. The van der Waals surface area contributed by atoms with E-state index < -0.39 is 66.2 Å². The van der Waals surface area contributed by atoms with E-state index in [0.717, 1.165) is 0 Å². The van der Waals surface area contributed by atoms with Gasteiger partial charge < -0.3 is 40.9 Å². The van der Waals surface area contributed by atoms with Gasteiger partial charge in [0.1, 0.15) is 12.1 Å². The minimum absolute atomic E-state index is 0.0955. The Morgan fingerprint density at radius 3 is 2.26 bits per heavy atom. The Morgan fingerprint density at radius 1 is 1.12 bits per heavy atom. The summed E-state index contributed by atoms with van der Waals surface area (Å²) in [7, 11) is 3.06. The molecule has 13 nitrogen and oxygen atoms in total. The van der Waals surface area contributed by atoms with Gasteiger partial charge in [-0.1, -0.05) is 0 Å². The Labute approximate surface area is 198 Å². The molecule has 194 valence electrons. The highest BCUT2D eigenvalue weighted by molar-refractivity contribution is 5.90. The molecule has 6 atom stereocenters. The lowest BCUT2D eigenvalue weighted by molar-refractivity contribution is -0.145. The molecule has 1 heterocycles. The number of piperidine rings is 1. The van der Waals surface area contributed by atoms with Crippen molar-refractivity contribution in [2.24, 2.45) is 5.92 Å². The standard InChI is InChI=1S/C21H36N4O9/c1-11(22-3)19(30)24-18(12(2)26)20(31)25-8-7-15(34-4)13(10-25)9-16(27)23-14(21(32)33)5-6-17(28)29/h11-15,18,22,26H,5-10H2,1-4H3,(H,23,27)(H,24,30)(H,28,29)(H,32,33)/t11-,12-,13+,14-,15-,18-/m0/s1. The van der Waals surface area contributed by atoms with Crippen LogP contribution in [0.4, 0.5) is 0 Å². The largest absolute Gasteiger partial charge is 0.481 e. The molecule has 0 aliphatic carbocycles. The molecule has 0 aromatic rings. The first kappa shape index (κ1) is 29.3. The van der Waals surface area contributed by atoms with Crippen molar-refractivity contribution in [1.82, 2.24) is 20.9 Å². The van der Waals surface area contributed by atoms with Crippen molar-refractivity contribution >= 4 is 29.7 Å². The molecule has 34 heavy (non-hydrogen) atoms. The summed E-state index contributed by atoms with van der Waals surface area (Å²) in [5, 5.41) is 35.7. The van der Waals surface area contributed by atoms with Gasteiger partial charge in [-0.15, -0.1) is 0 Å². The van der Waals surface area contributed by atoms with Crippen molar-refractivity contribution in [1.29, 1.82) is 0 Å². The van der Waals surface area contributed by atoms with E-state index >= 15 is 0 Å². The van der Waals surface area contributed by atoms with Gasteiger partial charge in [0, 0.05) is 39.0 Å². The minimum atomic E-state index is -1.35. The lowest BCUT2D eigenvalue weighted by Crippen LogP contribution is -2.59. The van der Waals surface area contributed by atoms with Crippen LogP contribution in [0.1, 0.15) is 39.5 Å². The zero-order valence-corrected chi connectivity index (χ0v) is 19.9. The molecule has 1 aliphatic rings. The normalized spacial score (nSPS) is 21.6. The van der Waals surface area contributed by atoms with Gasteiger partial charge in [0.2, 0.25) is 17.7 Å². The molecule has 3 amide bonds. The van der Waals surface area contributed by atoms with E-state index in [2.05, 4.69) is 16.0 Å². The second-order valence-electron chi connectivity index (χ2n) is 8.44. The molecule has 6 N–H and O–H groups in total. The van der Waals surface area contributed by atoms with Gasteiger partial charge in [0.15, 0.2) is 0 Å². The van der Waals surface area contributed by atoms with Crippen LogP contribution in [-0.2, 0) is 28.7 Å². The predicted octanol–water partition coefficient (Wildman–Crippen LogP) is -1.85. The number of aliphatic carboxylic acids is 2. The van der Waals surface area contributed by atoms with Crippen molar-refractivity contribution in [3.8, 4) is 0 Å². The third-order valence-corrected chi connectivity index (χ3v) is 5.88. The maximum atomic E-state index is 13.1. The third-order valence-electron chi connectivity index (χ3n) is 5.88. The number of carboxylic acids is 2. The van der Waals surface area contributed by atoms with Gasteiger partial charge >= 0.3 is 11.9 Å². The Balaban J connectivity index is 2.87. The smallest absolute Gasteiger partial charge is 0.326 e. The average molecular weight is 489 g/mol. The summed E-state index contributed by atoms with van der Waals surface area (Å²) in [5.74, 6) is -4.56. The number of aliphatic hydroxyl groups excluding tert-OH is 1. The maximum Gasteiger partial charge on any atom is 0.326 e. The molecule has 0 bridgehead atoms. The minimum Gasteiger partial charge on any atom is -0.481 e. The number of nitrogens with one attached hydrogen (secondary N) is 3. The first-order valence-electron chi connectivity index (χ1n) is 11.1. The molecule has 1 aliphatic heterocycles. The van der Waals surface area contributed by atoms with Crippen molar-refractivity contribution < 1.29 is 44.0 Å². The second-order valence-corrected chi connectivity index (χ2v) is 8.44. The van der Waals surface area contributed by atoms with E-state index in [9.17, 15) is 34.2 Å². The molecule has 0 spiro atoms. The van der Waals surface area contributed by atoms with Crippen LogP contribution in [0.15, 0.2) is 0 Å². The summed E-state index contributed by atoms with van der Waals surface area (Å²) in [6, 6.07) is -3.10.